The number of fused-ring (bicyclic) bond motifs is 1. The monoisotopic (exact) mass is 615 g/mol. The van der Waals surface area contributed by atoms with Crippen LogP contribution >= 0.6 is 0 Å². The number of pyridine rings is 1. The summed E-state index contributed by atoms with van der Waals surface area (Å²) in [6.07, 6.45) is -1.93. The van der Waals surface area contributed by atoms with E-state index < -0.39 is 30.3 Å². The number of benzene rings is 1. The second kappa shape index (κ2) is 12.5. The Balaban J connectivity index is 1.40. The molecule has 2 atom stereocenters. The molecule has 1 aromatic carbocycles. The molecule has 5 rings (SSSR count). The van der Waals surface area contributed by atoms with Gasteiger partial charge in [-0.1, -0.05) is 24.3 Å². The number of hydrogen-bond acceptors (Lipinski definition) is 9. The fraction of sp³-hybridized carbons (Fsp3) is 0.500. The smallest absolute Gasteiger partial charge is 0.410 e. The lowest BCUT2D eigenvalue weighted by Crippen LogP contribution is -2.52. The number of nitrogens with one attached hydrogen (secondary N) is 1. The number of alkyl halides is 3. The van der Waals surface area contributed by atoms with Crippen molar-refractivity contribution >= 4 is 28.9 Å². The van der Waals surface area contributed by atoms with Crippen molar-refractivity contribution in [3.63, 3.8) is 0 Å². The summed E-state index contributed by atoms with van der Waals surface area (Å²) in [4.78, 5) is 41.6. The lowest BCUT2D eigenvalue weighted by Gasteiger charge is -2.36. The van der Waals surface area contributed by atoms with Crippen molar-refractivity contribution in [3.8, 4) is 11.3 Å². The highest BCUT2D eigenvalue weighted by Crippen LogP contribution is 2.30. The minimum atomic E-state index is -4.39. The van der Waals surface area contributed by atoms with E-state index in [1.165, 1.54) is 11.2 Å². The van der Waals surface area contributed by atoms with E-state index in [4.69, 9.17) is 20.2 Å². The number of hydrogen-bond donors (Lipinski definition) is 2. The van der Waals surface area contributed by atoms with E-state index in [1.54, 1.807) is 35.2 Å². The number of nitrogens with zero attached hydrogens (tertiary/aromatic N) is 5. The molecule has 2 amide bonds. The number of primary amides is 1. The van der Waals surface area contributed by atoms with Crippen LogP contribution in [0.3, 0.4) is 0 Å². The van der Waals surface area contributed by atoms with Crippen molar-refractivity contribution in [2.75, 3.05) is 38.2 Å². The lowest BCUT2D eigenvalue weighted by atomic mass is 10.0. The summed E-state index contributed by atoms with van der Waals surface area (Å²) >= 11 is 0. The summed E-state index contributed by atoms with van der Waals surface area (Å²) in [5.41, 5.74) is 7.63. The van der Waals surface area contributed by atoms with Gasteiger partial charge in [0.15, 0.2) is 5.82 Å². The van der Waals surface area contributed by atoms with Crippen LogP contribution in [0.25, 0.3) is 22.3 Å². The standard InChI is InChI=1S/C30H36F3N7O4/c1-29(2,3)44-28(42)40-10-4-5-20(15-40)37-27-25-24(35-17-36-27)21(26(34)41)13-22(38-25)19-8-6-18(7-9-19)14-39-11-12-43-16-23(39)30(31,32)33/h6-9,13,17,20,23H,4-5,10-12,14-16H2,1-3H3,(H2,34,41)(H,35,36,37)/t20-,23?/m0/s1. The number of rotatable bonds is 6. The number of carbonyl (C=O) groups excluding carboxylic acids is 2. The molecule has 2 aromatic heterocycles. The van der Waals surface area contributed by atoms with E-state index >= 15 is 0 Å². The molecule has 2 saturated heterocycles. The summed E-state index contributed by atoms with van der Waals surface area (Å²) in [5, 5.41) is 3.36. The molecule has 3 N–H and O–H groups in total. The number of morpholine rings is 1. The number of amides is 2. The van der Waals surface area contributed by atoms with Gasteiger partial charge in [0.1, 0.15) is 29.0 Å². The largest absolute Gasteiger partial charge is 0.444 e. The Bertz CT molecular complexity index is 1510. The normalized spacial score (nSPS) is 20.0. The first kappa shape index (κ1) is 31.4. The summed E-state index contributed by atoms with van der Waals surface area (Å²) in [7, 11) is 0. The number of carbonyl (C=O) groups is 2. The molecule has 0 bridgehead atoms. The molecular formula is C30H36F3N7O4. The average Bonchev–Trinajstić information content (AvgIpc) is 2.96. The lowest BCUT2D eigenvalue weighted by molar-refractivity contribution is -0.213. The van der Waals surface area contributed by atoms with Gasteiger partial charge in [-0.05, 0) is 45.2 Å². The van der Waals surface area contributed by atoms with E-state index in [0.29, 0.717) is 41.2 Å². The molecule has 0 aliphatic carbocycles. The molecule has 3 aromatic rings. The average molecular weight is 616 g/mol. The van der Waals surface area contributed by atoms with Crippen LogP contribution in [-0.2, 0) is 16.0 Å². The quantitative estimate of drug-likeness (QED) is 0.415. The van der Waals surface area contributed by atoms with E-state index in [0.717, 1.165) is 12.8 Å². The molecule has 2 aliphatic heterocycles. The first-order valence-corrected chi connectivity index (χ1v) is 14.5. The van der Waals surface area contributed by atoms with Crippen LogP contribution in [0.4, 0.5) is 23.8 Å². The van der Waals surface area contributed by atoms with Crippen molar-refractivity contribution in [1.82, 2.24) is 24.8 Å². The van der Waals surface area contributed by atoms with Crippen molar-refractivity contribution in [2.45, 2.75) is 64.0 Å². The molecule has 14 heteroatoms. The van der Waals surface area contributed by atoms with E-state index in [9.17, 15) is 22.8 Å². The fourth-order valence-corrected chi connectivity index (χ4v) is 5.41. The van der Waals surface area contributed by atoms with Crippen LogP contribution in [0.5, 0.6) is 0 Å². The zero-order valence-electron chi connectivity index (χ0n) is 24.9. The Kier molecular flexibility index (Phi) is 8.93. The summed E-state index contributed by atoms with van der Waals surface area (Å²) < 4.78 is 51.1. The third-order valence-corrected chi connectivity index (χ3v) is 7.52. The Morgan fingerprint density at radius 3 is 2.55 bits per heavy atom. The zero-order valence-corrected chi connectivity index (χ0v) is 24.9. The third-order valence-electron chi connectivity index (χ3n) is 7.52. The maximum Gasteiger partial charge on any atom is 0.410 e. The van der Waals surface area contributed by atoms with Crippen LogP contribution in [0, 0.1) is 0 Å². The molecule has 2 aliphatic rings. The SMILES string of the molecule is CC(C)(C)OC(=O)N1CCC[C@H](Nc2ncnc3c(C(N)=O)cc(-c4ccc(CN5CCOCC5C(F)(F)F)cc4)nc23)C1. The molecule has 0 radical (unpaired) electrons. The number of nitrogens with two attached hydrogens (primary N) is 1. The van der Waals surface area contributed by atoms with E-state index in [1.807, 2.05) is 20.8 Å². The Morgan fingerprint density at radius 2 is 1.86 bits per heavy atom. The first-order chi connectivity index (χ1) is 20.8. The number of halogens is 3. The number of piperidine rings is 1. The van der Waals surface area contributed by atoms with Crippen molar-refractivity contribution in [3.05, 3.63) is 47.8 Å². The van der Waals surface area contributed by atoms with Gasteiger partial charge in [-0.2, -0.15) is 13.2 Å². The van der Waals surface area contributed by atoms with Gasteiger partial charge < -0.3 is 25.4 Å². The number of likely N-dealkylation sites (tertiary alicyclic amines) is 1. The number of anilines is 1. The molecule has 0 saturated carbocycles. The van der Waals surface area contributed by atoms with Crippen molar-refractivity contribution in [1.29, 1.82) is 0 Å². The van der Waals surface area contributed by atoms with E-state index in [-0.39, 0.29) is 42.9 Å². The fourth-order valence-electron chi connectivity index (χ4n) is 5.41. The van der Waals surface area contributed by atoms with Gasteiger partial charge in [0, 0.05) is 37.8 Å². The molecule has 2 fully saturated rings. The first-order valence-electron chi connectivity index (χ1n) is 14.5. The molecular weight excluding hydrogens is 579 g/mol. The van der Waals surface area contributed by atoms with Gasteiger partial charge in [0.2, 0.25) is 0 Å². The minimum Gasteiger partial charge on any atom is -0.444 e. The van der Waals surface area contributed by atoms with Crippen LogP contribution < -0.4 is 11.1 Å². The third kappa shape index (κ3) is 7.36. The highest BCUT2D eigenvalue weighted by molar-refractivity contribution is 6.06. The molecule has 236 valence electrons. The number of aromatic nitrogens is 3. The maximum absolute atomic E-state index is 13.5. The Hall–Kier alpha value is -4.04. The van der Waals surface area contributed by atoms with Crippen LogP contribution in [0.1, 0.15) is 49.5 Å². The molecule has 1 unspecified atom stereocenters. The second-order valence-corrected chi connectivity index (χ2v) is 12.0. The predicted molar refractivity (Wildman–Crippen MR) is 157 cm³/mol. The van der Waals surface area contributed by atoms with Gasteiger partial charge >= 0.3 is 12.3 Å². The van der Waals surface area contributed by atoms with Crippen LogP contribution in [-0.4, -0.2) is 93.5 Å². The van der Waals surface area contributed by atoms with Gasteiger partial charge in [0.05, 0.1) is 24.5 Å². The molecule has 11 nitrogen and oxygen atoms in total. The Morgan fingerprint density at radius 1 is 1.11 bits per heavy atom. The van der Waals surface area contributed by atoms with E-state index in [2.05, 4.69) is 15.3 Å². The van der Waals surface area contributed by atoms with Gasteiger partial charge in [-0.3, -0.25) is 9.69 Å². The second-order valence-electron chi connectivity index (χ2n) is 12.0. The van der Waals surface area contributed by atoms with Crippen LogP contribution in [0.15, 0.2) is 36.7 Å². The Labute approximate surface area is 252 Å². The topological polar surface area (TPSA) is 136 Å². The van der Waals surface area contributed by atoms with Crippen LogP contribution in [0.2, 0.25) is 0 Å². The summed E-state index contributed by atoms with van der Waals surface area (Å²) in [6.45, 7) is 6.54. The molecule has 0 spiro atoms. The van der Waals surface area contributed by atoms with Crippen molar-refractivity contribution in [2.24, 2.45) is 5.73 Å². The summed E-state index contributed by atoms with van der Waals surface area (Å²) in [6, 6.07) is 6.69. The zero-order chi connectivity index (χ0) is 31.6. The predicted octanol–water partition coefficient (Wildman–Crippen LogP) is 4.37. The van der Waals surface area contributed by atoms with Gasteiger partial charge in [0.25, 0.3) is 5.91 Å². The highest BCUT2D eigenvalue weighted by atomic mass is 19.4. The van der Waals surface area contributed by atoms with Gasteiger partial charge in [-0.15, -0.1) is 0 Å². The maximum atomic E-state index is 13.5. The van der Waals surface area contributed by atoms with Crippen molar-refractivity contribution < 1.29 is 32.2 Å². The highest BCUT2D eigenvalue weighted by Gasteiger charge is 2.45. The number of ether oxygens (including phenoxy) is 2. The minimum absolute atomic E-state index is 0.106. The molecule has 4 heterocycles. The summed E-state index contributed by atoms with van der Waals surface area (Å²) in [5.74, 6) is -0.309. The van der Waals surface area contributed by atoms with Gasteiger partial charge in [-0.25, -0.2) is 19.7 Å². The molecule has 44 heavy (non-hydrogen) atoms.